The van der Waals surface area contributed by atoms with Gasteiger partial charge in [-0.05, 0) is 37.6 Å². The molecule has 0 aliphatic heterocycles. The number of alkyl halides is 3. The van der Waals surface area contributed by atoms with Crippen LogP contribution in [-0.2, 0) is 17.5 Å². The van der Waals surface area contributed by atoms with E-state index in [1.807, 2.05) is 13.8 Å². The van der Waals surface area contributed by atoms with Gasteiger partial charge in [0, 0.05) is 6.20 Å². The first-order valence-corrected chi connectivity index (χ1v) is 8.44. The number of nitrogens with one attached hydrogen (secondary N) is 1. The van der Waals surface area contributed by atoms with Crippen molar-refractivity contribution in [1.29, 1.82) is 0 Å². The Labute approximate surface area is 164 Å². The molecule has 7 nitrogen and oxygen atoms in total. The molecule has 0 fully saturated rings. The number of carbonyl (C=O) groups excluding carboxylic acids is 1. The highest BCUT2D eigenvalue weighted by Crippen LogP contribution is 2.36. The average molecular weight is 419 g/mol. The number of rotatable bonds is 7. The van der Waals surface area contributed by atoms with Gasteiger partial charge in [0.25, 0.3) is 5.91 Å². The zero-order valence-electron chi connectivity index (χ0n) is 15.2. The van der Waals surface area contributed by atoms with Gasteiger partial charge in [-0.3, -0.25) is 9.48 Å². The summed E-state index contributed by atoms with van der Waals surface area (Å²) in [5.41, 5.74) is 1.65. The fraction of sp³-hybridized carbons (Fsp3) is 0.353. The number of hydrogen-bond acceptors (Lipinski definition) is 5. The quantitative estimate of drug-likeness (QED) is 0.551. The lowest BCUT2D eigenvalue weighted by Crippen LogP contribution is -2.23. The number of amides is 1. The monoisotopic (exact) mass is 418 g/mol. The van der Waals surface area contributed by atoms with Gasteiger partial charge in [-0.1, -0.05) is 11.6 Å². The maximum Gasteiger partial charge on any atom is 0.435 e. The van der Waals surface area contributed by atoms with Gasteiger partial charge in [0.15, 0.2) is 17.2 Å². The molecule has 2 aromatic rings. The molecule has 1 N–H and O–H groups in total. The highest BCUT2D eigenvalue weighted by Gasteiger charge is 2.33. The summed E-state index contributed by atoms with van der Waals surface area (Å²) >= 11 is 6.19. The van der Waals surface area contributed by atoms with E-state index in [0.29, 0.717) is 22.1 Å². The van der Waals surface area contributed by atoms with Crippen LogP contribution in [0, 0.1) is 0 Å². The van der Waals surface area contributed by atoms with Crippen molar-refractivity contribution in [3.05, 3.63) is 40.7 Å². The minimum absolute atomic E-state index is 0.106. The minimum Gasteiger partial charge on any atom is -0.493 e. The lowest BCUT2D eigenvalue weighted by atomic mass is 10.2. The predicted molar refractivity (Wildman–Crippen MR) is 96.7 cm³/mol. The molecule has 0 unspecified atom stereocenters. The molecule has 1 amide bonds. The van der Waals surface area contributed by atoms with Crippen LogP contribution in [0.2, 0.25) is 5.02 Å². The highest BCUT2D eigenvalue weighted by molar-refractivity contribution is 6.32. The van der Waals surface area contributed by atoms with Gasteiger partial charge >= 0.3 is 6.18 Å². The van der Waals surface area contributed by atoms with Crippen LogP contribution in [0.3, 0.4) is 0 Å². The summed E-state index contributed by atoms with van der Waals surface area (Å²) < 4.78 is 49.2. The second-order valence-electron chi connectivity index (χ2n) is 5.89. The van der Waals surface area contributed by atoms with E-state index in [9.17, 15) is 18.0 Å². The fourth-order valence-electron chi connectivity index (χ4n) is 2.13. The lowest BCUT2D eigenvalue weighted by Gasteiger charge is -2.15. The van der Waals surface area contributed by atoms with Crippen LogP contribution >= 0.6 is 11.6 Å². The maximum atomic E-state index is 12.5. The van der Waals surface area contributed by atoms with E-state index in [1.165, 1.54) is 13.3 Å². The number of ether oxygens (including phenoxy) is 2. The number of benzene rings is 1. The number of hydrazone groups is 1. The van der Waals surface area contributed by atoms with Gasteiger partial charge < -0.3 is 9.47 Å². The van der Waals surface area contributed by atoms with Crippen molar-refractivity contribution < 1.29 is 27.4 Å². The van der Waals surface area contributed by atoms with Gasteiger partial charge in [0.1, 0.15) is 6.54 Å². The summed E-state index contributed by atoms with van der Waals surface area (Å²) in [5.74, 6) is 0.135. The number of carbonyl (C=O) groups is 1. The van der Waals surface area contributed by atoms with Crippen LogP contribution in [0.15, 0.2) is 29.5 Å². The van der Waals surface area contributed by atoms with Crippen LogP contribution in [0.4, 0.5) is 13.2 Å². The Balaban J connectivity index is 2.01. The first kappa shape index (κ1) is 21.5. The second kappa shape index (κ2) is 8.96. The van der Waals surface area contributed by atoms with E-state index in [2.05, 4.69) is 15.6 Å². The van der Waals surface area contributed by atoms with E-state index in [0.717, 1.165) is 16.9 Å². The summed E-state index contributed by atoms with van der Waals surface area (Å²) in [5, 5.41) is 7.35. The predicted octanol–water partition coefficient (Wildman–Crippen LogP) is 3.50. The summed E-state index contributed by atoms with van der Waals surface area (Å²) in [6, 6.07) is 3.97. The molecule has 0 bridgehead atoms. The molecule has 28 heavy (non-hydrogen) atoms. The van der Waals surface area contributed by atoms with Gasteiger partial charge in [-0.2, -0.15) is 23.4 Å². The van der Waals surface area contributed by atoms with Crippen LogP contribution in [0.5, 0.6) is 11.5 Å². The van der Waals surface area contributed by atoms with Crippen LogP contribution in [0.1, 0.15) is 25.1 Å². The third-order valence-corrected chi connectivity index (χ3v) is 3.53. The zero-order valence-corrected chi connectivity index (χ0v) is 16.0. The lowest BCUT2D eigenvalue weighted by molar-refractivity contribution is -0.141. The van der Waals surface area contributed by atoms with E-state index in [1.54, 1.807) is 12.1 Å². The number of halogens is 4. The molecular weight excluding hydrogens is 401 g/mol. The van der Waals surface area contributed by atoms with Gasteiger partial charge in [-0.15, -0.1) is 0 Å². The molecule has 2 rings (SSSR count). The molecule has 0 radical (unpaired) electrons. The Bertz CT molecular complexity index is 866. The van der Waals surface area contributed by atoms with Crippen LogP contribution in [0.25, 0.3) is 0 Å². The third-order valence-electron chi connectivity index (χ3n) is 3.24. The smallest absolute Gasteiger partial charge is 0.435 e. The summed E-state index contributed by atoms with van der Waals surface area (Å²) in [7, 11) is 1.46. The standard InChI is InChI=1S/C17H18ClF3N4O3/c1-10(2)28-16-12(18)6-11(7-13(16)27-3)8-22-23-15(26)9-25-5-4-14(24-25)17(19,20)21/h4-8,10H,9H2,1-3H3,(H,23,26)/b22-8+. The molecule has 0 spiro atoms. The van der Waals surface area contributed by atoms with Crippen molar-refractivity contribution >= 4 is 23.7 Å². The Hall–Kier alpha value is -2.75. The van der Waals surface area contributed by atoms with Gasteiger partial charge in [0.2, 0.25) is 0 Å². The van der Waals surface area contributed by atoms with Crippen molar-refractivity contribution in [1.82, 2.24) is 15.2 Å². The molecule has 0 atom stereocenters. The molecule has 1 heterocycles. The number of methoxy groups -OCH3 is 1. The normalized spacial score (nSPS) is 11.9. The van der Waals surface area contributed by atoms with Crippen LogP contribution < -0.4 is 14.9 Å². The summed E-state index contributed by atoms with van der Waals surface area (Å²) in [6.45, 7) is 3.27. The Morgan fingerprint density at radius 2 is 2.14 bits per heavy atom. The van der Waals surface area contributed by atoms with Crippen molar-refractivity contribution in [2.75, 3.05) is 7.11 Å². The molecule has 1 aromatic carbocycles. The Morgan fingerprint density at radius 3 is 2.71 bits per heavy atom. The van der Waals surface area contributed by atoms with Gasteiger partial charge in [-0.25, -0.2) is 5.43 Å². The molecule has 11 heteroatoms. The maximum absolute atomic E-state index is 12.5. The van der Waals surface area contributed by atoms with E-state index in [4.69, 9.17) is 21.1 Å². The minimum atomic E-state index is -4.57. The van der Waals surface area contributed by atoms with Gasteiger partial charge in [0.05, 0.1) is 24.5 Å². The molecule has 0 saturated heterocycles. The third kappa shape index (κ3) is 5.88. The second-order valence-corrected chi connectivity index (χ2v) is 6.30. The van der Waals surface area contributed by atoms with E-state index < -0.39 is 24.3 Å². The highest BCUT2D eigenvalue weighted by atomic mass is 35.5. The largest absolute Gasteiger partial charge is 0.493 e. The van der Waals surface area contributed by atoms with Crippen molar-refractivity contribution in [2.24, 2.45) is 5.10 Å². The molecular formula is C17H18ClF3N4O3. The molecule has 152 valence electrons. The Kier molecular flexibility index (Phi) is 6.90. The zero-order chi connectivity index (χ0) is 20.9. The van der Waals surface area contributed by atoms with Crippen LogP contribution in [-0.4, -0.2) is 35.1 Å². The fourth-order valence-corrected chi connectivity index (χ4v) is 2.39. The SMILES string of the molecule is COc1cc(/C=N/NC(=O)Cn2ccc(C(F)(F)F)n2)cc(Cl)c1OC(C)C. The molecule has 0 aliphatic rings. The summed E-state index contributed by atoms with van der Waals surface area (Å²) in [4.78, 5) is 11.8. The first-order valence-electron chi connectivity index (χ1n) is 8.07. The molecule has 0 saturated carbocycles. The first-order chi connectivity index (χ1) is 13.1. The van der Waals surface area contributed by atoms with Crippen molar-refractivity contribution in [3.8, 4) is 11.5 Å². The topological polar surface area (TPSA) is 77.7 Å². The average Bonchev–Trinajstić information content (AvgIpc) is 3.05. The number of nitrogens with zero attached hydrogens (tertiary/aromatic N) is 3. The van der Waals surface area contributed by atoms with Crippen molar-refractivity contribution in [2.45, 2.75) is 32.7 Å². The number of aromatic nitrogens is 2. The van der Waals surface area contributed by atoms with Crippen molar-refractivity contribution in [3.63, 3.8) is 0 Å². The molecule has 1 aromatic heterocycles. The number of hydrogen-bond donors (Lipinski definition) is 1. The summed E-state index contributed by atoms with van der Waals surface area (Å²) in [6.07, 6.45) is -2.30. The van der Waals surface area contributed by atoms with E-state index >= 15 is 0 Å². The molecule has 0 aliphatic carbocycles. The Morgan fingerprint density at radius 1 is 1.43 bits per heavy atom. The van der Waals surface area contributed by atoms with E-state index in [-0.39, 0.29) is 6.10 Å².